The second-order valence-corrected chi connectivity index (χ2v) is 11.7. The van der Waals surface area contributed by atoms with Crippen LogP contribution >= 0.6 is 0 Å². The van der Waals surface area contributed by atoms with Gasteiger partial charge in [0.05, 0.1) is 16.9 Å². The Labute approximate surface area is 191 Å². The Morgan fingerprint density at radius 1 is 0.969 bits per heavy atom. The minimum absolute atomic E-state index is 0.0262. The van der Waals surface area contributed by atoms with Crippen molar-refractivity contribution in [2.75, 3.05) is 40.8 Å². The van der Waals surface area contributed by atoms with Gasteiger partial charge in [0.15, 0.2) is 0 Å². The highest BCUT2D eigenvalue weighted by Gasteiger charge is 2.27. The third-order valence-corrected chi connectivity index (χ3v) is 9.01. The van der Waals surface area contributed by atoms with Gasteiger partial charge in [0, 0.05) is 25.7 Å². The molecule has 3 rings (SSSR count). The van der Waals surface area contributed by atoms with Crippen molar-refractivity contribution in [3.05, 3.63) is 54.1 Å². The van der Waals surface area contributed by atoms with Crippen molar-refractivity contribution in [1.29, 1.82) is 0 Å². The first-order valence-electron chi connectivity index (χ1n) is 10.6. The molecular formula is C22H31N3O5S2. The van der Waals surface area contributed by atoms with E-state index in [9.17, 15) is 16.8 Å². The summed E-state index contributed by atoms with van der Waals surface area (Å²) in [6, 6.07) is 12.7. The number of nitrogens with one attached hydrogen (secondary N) is 1. The number of piperidine rings is 1. The van der Waals surface area contributed by atoms with Gasteiger partial charge in [-0.1, -0.05) is 18.6 Å². The Morgan fingerprint density at radius 2 is 1.59 bits per heavy atom. The summed E-state index contributed by atoms with van der Waals surface area (Å²) in [5.41, 5.74) is 0.917. The van der Waals surface area contributed by atoms with Gasteiger partial charge >= 0.3 is 0 Å². The molecule has 176 valence electrons. The van der Waals surface area contributed by atoms with Gasteiger partial charge in [0.25, 0.3) is 0 Å². The lowest BCUT2D eigenvalue weighted by Gasteiger charge is -2.26. The second-order valence-electron chi connectivity index (χ2n) is 8.04. The molecule has 0 spiro atoms. The van der Waals surface area contributed by atoms with Crippen molar-refractivity contribution in [3.63, 3.8) is 0 Å². The molecule has 0 amide bonds. The van der Waals surface area contributed by atoms with Crippen LogP contribution in [-0.4, -0.2) is 66.9 Å². The maximum Gasteiger partial charge on any atom is 0.243 e. The number of nitrogens with zero attached hydrogens (tertiary/aromatic N) is 2. The van der Waals surface area contributed by atoms with E-state index in [1.165, 1.54) is 28.6 Å². The van der Waals surface area contributed by atoms with Crippen LogP contribution in [0.4, 0.5) is 0 Å². The van der Waals surface area contributed by atoms with Crippen LogP contribution < -0.4 is 9.46 Å². The van der Waals surface area contributed by atoms with Crippen LogP contribution in [0.1, 0.15) is 30.9 Å². The Morgan fingerprint density at radius 3 is 2.19 bits per heavy atom. The van der Waals surface area contributed by atoms with Gasteiger partial charge in [0.1, 0.15) is 5.75 Å². The second kappa shape index (κ2) is 10.3. The summed E-state index contributed by atoms with van der Waals surface area (Å²) in [5.74, 6) is 0.697. The molecule has 1 saturated heterocycles. The number of benzene rings is 2. The van der Waals surface area contributed by atoms with Crippen molar-refractivity contribution >= 4 is 20.0 Å². The molecule has 32 heavy (non-hydrogen) atoms. The molecule has 2 aromatic rings. The fourth-order valence-corrected chi connectivity index (χ4v) is 6.32. The topological polar surface area (TPSA) is 96.0 Å². The molecule has 0 radical (unpaired) electrons. The van der Waals surface area contributed by atoms with Crippen LogP contribution in [0.15, 0.2) is 58.3 Å². The third-order valence-electron chi connectivity index (χ3n) is 5.66. The molecule has 1 N–H and O–H groups in total. The monoisotopic (exact) mass is 481 g/mol. The summed E-state index contributed by atoms with van der Waals surface area (Å²) in [4.78, 5) is 2.06. The van der Waals surface area contributed by atoms with Gasteiger partial charge in [-0.05, 0) is 68.9 Å². The van der Waals surface area contributed by atoms with E-state index in [2.05, 4.69) is 4.72 Å². The smallest absolute Gasteiger partial charge is 0.243 e. The Bertz CT molecular complexity index is 1110. The summed E-state index contributed by atoms with van der Waals surface area (Å²) in [6.45, 7) is 1.15. The van der Waals surface area contributed by atoms with Crippen LogP contribution in [0.3, 0.4) is 0 Å². The van der Waals surface area contributed by atoms with E-state index < -0.39 is 20.0 Å². The maximum atomic E-state index is 12.9. The molecule has 10 heteroatoms. The fourth-order valence-electron chi connectivity index (χ4n) is 3.76. The molecule has 1 aliphatic heterocycles. The number of rotatable bonds is 9. The quantitative estimate of drug-likeness (QED) is 0.591. The molecular weight excluding hydrogens is 450 g/mol. The number of hydrogen-bond donors (Lipinski definition) is 1. The van der Waals surface area contributed by atoms with Crippen molar-refractivity contribution < 1.29 is 21.6 Å². The standard InChI is InChI=1S/C22H31N3O5S2/c1-24(2)22(18-8-7-9-19(16-18)30-3)17-23-31(26,27)20-10-12-21(13-11-20)32(28,29)25-14-5-4-6-15-25/h7-13,16,22-23H,4-6,14-15,17H2,1-3H3. The number of likely N-dealkylation sites (N-methyl/N-ethyl adjacent to an activating group) is 1. The van der Waals surface area contributed by atoms with Crippen LogP contribution in [0.2, 0.25) is 0 Å². The first-order valence-corrected chi connectivity index (χ1v) is 13.5. The summed E-state index contributed by atoms with van der Waals surface area (Å²) < 4.78 is 60.7. The summed E-state index contributed by atoms with van der Waals surface area (Å²) in [7, 11) is -2.09. The predicted octanol–water partition coefficient (Wildman–Crippen LogP) is 2.45. The predicted molar refractivity (Wildman–Crippen MR) is 124 cm³/mol. The van der Waals surface area contributed by atoms with E-state index >= 15 is 0 Å². The van der Waals surface area contributed by atoms with Crippen molar-refractivity contribution in [3.8, 4) is 5.75 Å². The van der Waals surface area contributed by atoms with Gasteiger partial charge in [-0.3, -0.25) is 0 Å². The Balaban J connectivity index is 1.74. The van der Waals surface area contributed by atoms with E-state index in [0.29, 0.717) is 18.8 Å². The maximum absolute atomic E-state index is 12.9. The van der Waals surface area contributed by atoms with E-state index in [-0.39, 0.29) is 22.4 Å². The summed E-state index contributed by atoms with van der Waals surface area (Å²) >= 11 is 0. The van der Waals surface area contributed by atoms with Crippen LogP contribution in [-0.2, 0) is 20.0 Å². The first-order chi connectivity index (χ1) is 15.1. The van der Waals surface area contributed by atoms with Crippen LogP contribution in [0.5, 0.6) is 5.75 Å². The Kier molecular flexibility index (Phi) is 7.94. The van der Waals surface area contributed by atoms with Crippen LogP contribution in [0.25, 0.3) is 0 Å². The van der Waals surface area contributed by atoms with E-state index in [4.69, 9.17) is 4.74 Å². The molecule has 0 bridgehead atoms. The van der Waals surface area contributed by atoms with Gasteiger partial charge in [-0.15, -0.1) is 0 Å². The fraction of sp³-hybridized carbons (Fsp3) is 0.455. The average molecular weight is 482 g/mol. The third kappa shape index (κ3) is 5.68. The molecule has 1 heterocycles. The molecule has 0 aromatic heterocycles. The van der Waals surface area contributed by atoms with E-state index in [1.54, 1.807) is 7.11 Å². The highest BCUT2D eigenvalue weighted by atomic mass is 32.2. The number of ether oxygens (including phenoxy) is 1. The van der Waals surface area contributed by atoms with Gasteiger partial charge in [-0.2, -0.15) is 4.31 Å². The van der Waals surface area contributed by atoms with Crippen molar-refractivity contribution in [2.45, 2.75) is 35.1 Å². The van der Waals surface area contributed by atoms with Crippen molar-refractivity contribution in [1.82, 2.24) is 13.9 Å². The summed E-state index contributed by atoms with van der Waals surface area (Å²) in [6.07, 6.45) is 2.71. The molecule has 1 fully saturated rings. The summed E-state index contributed by atoms with van der Waals surface area (Å²) in [5, 5.41) is 0. The largest absolute Gasteiger partial charge is 0.497 e. The molecule has 1 unspecified atom stereocenters. The molecule has 0 saturated carbocycles. The van der Waals surface area contributed by atoms with E-state index in [1.807, 2.05) is 43.3 Å². The van der Waals surface area contributed by atoms with Crippen molar-refractivity contribution in [2.24, 2.45) is 0 Å². The van der Waals surface area contributed by atoms with Gasteiger partial charge in [0.2, 0.25) is 20.0 Å². The zero-order valence-electron chi connectivity index (χ0n) is 18.7. The highest BCUT2D eigenvalue weighted by molar-refractivity contribution is 7.89. The number of sulfonamides is 2. The SMILES string of the molecule is COc1cccc(C(CNS(=O)(=O)c2ccc(S(=O)(=O)N3CCCCC3)cc2)N(C)C)c1. The minimum Gasteiger partial charge on any atom is -0.497 e. The molecule has 2 aromatic carbocycles. The first kappa shape index (κ1) is 24.7. The molecule has 8 nitrogen and oxygen atoms in total. The lowest BCUT2D eigenvalue weighted by molar-refractivity contribution is 0.298. The zero-order chi connectivity index (χ0) is 23.4. The Hall–Kier alpha value is -1.98. The van der Waals surface area contributed by atoms with E-state index in [0.717, 1.165) is 24.8 Å². The average Bonchev–Trinajstić information content (AvgIpc) is 2.79. The lowest BCUT2D eigenvalue weighted by Crippen LogP contribution is -2.35. The minimum atomic E-state index is -3.82. The number of methoxy groups -OCH3 is 1. The van der Waals surface area contributed by atoms with Gasteiger partial charge < -0.3 is 9.64 Å². The lowest BCUT2D eigenvalue weighted by atomic mass is 10.1. The van der Waals surface area contributed by atoms with Gasteiger partial charge in [-0.25, -0.2) is 21.6 Å². The molecule has 1 atom stereocenters. The number of hydrogen-bond acceptors (Lipinski definition) is 6. The normalized spacial score (nSPS) is 16.8. The molecule has 0 aliphatic carbocycles. The molecule has 1 aliphatic rings. The zero-order valence-corrected chi connectivity index (χ0v) is 20.3. The highest BCUT2D eigenvalue weighted by Crippen LogP contribution is 2.24. The van der Waals surface area contributed by atoms with Crippen LogP contribution in [0, 0.1) is 0 Å².